The molecule has 0 bridgehead atoms. The van der Waals surface area contributed by atoms with Crippen LogP contribution >= 0.6 is 0 Å². The maximum atomic E-state index is 11.8. The summed E-state index contributed by atoms with van der Waals surface area (Å²) in [4.78, 5) is 22.0. The lowest BCUT2D eigenvalue weighted by Gasteiger charge is -2.10. The highest BCUT2D eigenvalue weighted by Gasteiger charge is 2.14. The Morgan fingerprint density at radius 3 is 3.05 bits per heavy atom. The first-order valence-corrected chi connectivity index (χ1v) is 6.88. The molecule has 0 saturated carbocycles. The third-order valence-corrected chi connectivity index (χ3v) is 3.46. The van der Waals surface area contributed by atoms with Crippen LogP contribution in [-0.4, -0.2) is 30.0 Å². The number of carbonyl (C=O) groups is 1. The van der Waals surface area contributed by atoms with Crippen molar-refractivity contribution in [3.05, 3.63) is 39.9 Å². The van der Waals surface area contributed by atoms with Gasteiger partial charge in [0.05, 0.1) is 11.3 Å². The molecular formula is C14H19N3O3. The van der Waals surface area contributed by atoms with Crippen molar-refractivity contribution < 1.29 is 9.72 Å². The Kier molecular flexibility index (Phi) is 5.06. The molecule has 6 nitrogen and oxygen atoms in total. The number of hydrogen-bond donors (Lipinski definition) is 2. The third kappa shape index (κ3) is 4.31. The molecule has 20 heavy (non-hydrogen) atoms. The molecule has 1 aromatic rings. The fourth-order valence-corrected chi connectivity index (χ4v) is 2.42. The van der Waals surface area contributed by atoms with Crippen LogP contribution in [0.5, 0.6) is 0 Å². The Morgan fingerprint density at radius 1 is 1.50 bits per heavy atom. The maximum absolute atomic E-state index is 11.8. The molecule has 1 aromatic carbocycles. The summed E-state index contributed by atoms with van der Waals surface area (Å²) in [5.41, 5.74) is 0.682. The molecule has 0 radical (unpaired) electrons. The Hall–Kier alpha value is -1.95. The lowest BCUT2D eigenvalue weighted by Crippen LogP contribution is -2.31. The molecule has 1 aliphatic rings. The summed E-state index contributed by atoms with van der Waals surface area (Å²) >= 11 is 0. The molecule has 1 saturated heterocycles. The van der Waals surface area contributed by atoms with E-state index in [0.717, 1.165) is 13.0 Å². The standard InChI is InChI=1S/C14H19N3O3/c18-14(16-8-6-12-4-2-7-15-12)10-11-3-1-5-13(9-11)17(19)20/h1,3,5,9,12,15H,2,4,6-8,10H2,(H,16,18). The number of rotatable bonds is 6. The summed E-state index contributed by atoms with van der Waals surface area (Å²) < 4.78 is 0. The zero-order chi connectivity index (χ0) is 14.4. The van der Waals surface area contributed by atoms with Crippen LogP contribution in [0.3, 0.4) is 0 Å². The molecule has 1 amide bonds. The van der Waals surface area contributed by atoms with Crippen LogP contribution in [0.1, 0.15) is 24.8 Å². The van der Waals surface area contributed by atoms with E-state index in [1.165, 1.54) is 25.0 Å². The summed E-state index contributed by atoms with van der Waals surface area (Å²) in [5.74, 6) is -0.0940. The average Bonchev–Trinajstić information content (AvgIpc) is 2.92. The predicted molar refractivity (Wildman–Crippen MR) is 75.5 cm³/mol. The molecule has 1 aliphatic heterocycles. The minimum absolute atomic E-state index is 0.0189. The predicted octanol–water partition coefficient (Wildman–Crippen LogP) is 1.40. The minimum Gasteiger partial charge on any atom is -0.356 e. The highest BCUT2D eigenvalue weighted by atomic mass is 16.6. The normalized spacial score (nSPS) is 17.9. The van der Waals surface area contributed by atoms with Gasteiger partial charge in [0.2, 0.25) is 5.91 Å². The van der Waals surface area contributed by atoms with Gasteiger partial charge in [-0.1, -0.05) is 12.1 Å². The number of nitrogens with one attached hydrogen (secondary N) is 2. The van der Waals surface area contributed by atoms with Crippen molar-refractivity contribution in [3.63, 3.8) is 0 Å². The van der Waals surface area contributed by atoms with Gasteiger partial charge in [-0.25, -0.2) is 0 Å². The monoisotopic (exact) mass is 277 g/mol. The zero-order valence-corrected chi connectivity index (χ0v) is 11.3. The first-order valence-electron chi connectivity index (χ1n) is 6.88. The Morgan fingerprint density at radius 2 is 2.35 bits per heavy atom. The molecule has 0 spiro atoms. The fraction of sp³-hybridized carbons (Fsp3) is 0.500. The maximum Gasteiger partial charge on any atom is 0.269 e. The fourth-order valence-electron chi connectivity index (χ4n) is 2.42. The van der Waals surface area contributed by atoms with E-state index >= 15 is 0 Å². The number of benzene rings is 1. The summed E-state index contributed by atoms with van der Waals surface area (Å²) in [7, 11) is 0. The van der Waals surface area contributed by atoms with Crippen molar-refractivity contribution in [2.75, 3.05) is 13.1 Å². The average molecular weight is 277 g/mol. The summed E-state index contributed by atoms with van der Waals surface area (Å²) in [6.45, 7) is 1.71. The van der Waals surface area contributed by atoms with Gasteiger partial charge in [0, 0.05) is 24.7 Å². The van der Waals surface area contributed by atoms with E-state index in [1.807, 2.05) is 0 Å². The second-order valence-corrected chi connectivity index (χ2v) is 5.04. The number of hydrogen-bond acceptors (Lipinski definition) is 4. The molecule has 1 unspecified atom stereocenters. The van der Waals surface area contributed by atoms with Crippen molar-refractivity contribution in [3.8, 4) is 0 Å². The minimum atomic E-state index is -0.451. The number of non-ortho nitro benzene ring substituents is 1. The van der Waals surface area contributed by atoms with E-state index in [1.54, 1.807) is 12.1 Å². The molecule has 2 N–H and O–H groups in total. The van der Waals surface area contributed by atoms with Crippen molar-refractivity contribution >= 4 is 11.6 Å². The van der Waals surface area contributed by atoms with E-state index in [4.69, 9.17) is 0 Å². The van der Waals surface area contributed by atoms with E-state index in [2.05, 4.69) is 10.6 Å². The molecule has 1 heterocycles. The number of nitrogens with zero attached hydrogens (tertiary/aromatic N) is 1. The Labute approximate surface area is 117 Å². The number of nitro groups is 1. The third-order valence-electron chi connectivity index (χ3n) is 3.46. The lowest BCUT2D eigenvalue weighted by molar-refractivity contribution is -0.384. The smallest absolute Gasteiger partial charge is 0.269 e. The van der Waals surface area contributed by atoms with Gasteiger partial charge in [-0.15, -0.1) is 0 Å². The number of carbonyl (C=O) groups excluding carboxylic acids is 1. The van der Waals surface area contributed by atoms with Gasteiger partial charge in [0.15, 0.2) is 0 Å². The van der Waals surface area contributed by atoms with Crippen molar-refractivity contribution in [1.82, 2.24) is 10.6 Å². The molecular weight excluding hydrogens is 258 g/mol. The largest absolute Gasteiger partial charge is 0.356 e. The Bertz CT molecular complexity index is 484. The van der Waals surface area contributed by atoms with Crippen LogP contribution in [0.4, 0.5) is 5.69 Å². The molecule has 0 aliphatic carbocycles. The lowest BCUT2D eigenvalue weighted by atomic mass is 10.1. The van der Waals surface area contributed by atoms with Crippen LogP contribution < -0.4 is 10.6 Å². The topological polar surface area (TPSA) is 84.3 Å². The van der Waals surface area contributed by atoms with Crippen molar-refractivity contribution in [2.45, 2.75) is 31.7 Å². The van der Waals surface area contributed by atoms with Crippen molar-refractivity contribution in [2.24, 2.45) is 0 Å². The quantitative estimate of drug-likeness (QED) is 0.608. The van der Waals surface area contributed by atoms with Crippen molar-refractivity contribution in [1.29, 1.82) is 0 Å². The van der Waals surface area contributed by atoms with Gasteiger partial charge in [0.25, 0.3) is 5.69 Å². The van der Waals surface area contributed by atoms with Gasteiger partial charge in [-0.3, -0.25) is 14.9 Å². The highest BCUT2D eigenvalue weighted by Crippen LogP contribution is 2.13. The SMILES string of the molecule is O=C(Cc1cccc([N+](=O)[O-])c1)NCCC1CCCN1. The number of amides is 1. The molecule has 1 atom stereocenters. The van der Waals surface area contributed by atoms with E-state index < -0.39 is 4.92 Å². The first kappa shape index (κ1) is 14.5. The van der Waals surface area contributed by atoms with Crippen LogP contribution in [0.2, 0.25) is 0 Å². The second-order valence-electron chi connectivity index (χ2n) is 5.04. The second kappa shape index (κ2) is 7.00. The summed E-state index contributed by atoms with van der Waals surface area (Å²) in [6, 6.07) is 6.70. The zero-order valence-electron chi connectivity index (χ0n) is 11.3. The van der Waals surface area contributed by atoms with Gasteiger partial charge in [0.1, 0.15) is 0 Å². The van der Waals surface area contributed by atoms with Gasteiger partial charge in [-0.05, 0) is 31.4 Å². The first-order chi connectivity index (χ1) is 9.65. The summed E-state index contributed by atoms with van der Waals surface area (Å²) in [5, 5.41) is 16.9. The summed E-state index contributed by atoms with van der Waals surface area (Å²) in [6.07, 6.45) is 3.48. The van der Waals surface area contributed by atoms with Crippen LogP contribution in [0.15, 0.2) is 24.3 Å². The van der Waals surface area contributed by atoms with E-state index in [-0.39, 0.29) is 18.0 Å². The van der Waals surface area contributed by atoms with Crippen LogP contribution in [0.25, 0.3) is 0 Å². The van der Waals surface area contributed by atoms with E-state index in [0.29, 0.717) is 18.2 Å². The van der Waals surface area contributed by atoms with Crippen LogP contribution in [0, 0.1) is 10.1 Å². The Balaban J connectivity index is 1.76. The molecule has 108 valence electrons. The molecule has 1 fully saturated rings. The van der Waals surface area contributed by atoms with Gasteiger partial charge < -0.3 is 10.6 Å². The highest BCUT2D eigenvalue weighted by molar-refractivity contribution is 5.78. The van der Waals surface area contributed by atoms with Crippen LogP contribution in [-0.2, 0) is 11.2 Å². The number of nitro benzene ring substituents is 1. The molecule has 6 heteroatoms. The molecule has 0 aromatic heterocycles. The molecule has 2 rings (SSSR count). The van der Waals surface area contributed by atoms with E-state index in [9.17, 15) is 14.9 Å². The van der Waals surface area contributed by atoms with Gasteiger partial charge >= 0.3 is 0 Å². The van der Waals surface area contributed by atoms with Gasteiger partial charge in [-0.2, -0.15) is 0 Å².